The van der Waals surface area contributed by atoms with E-state index >= 15 is 0 Å². The Bertz CT molecular complexity index is 3020. The fraction of sp³-hybridized carbons (Fsp3) is 0.434. The largest absolute Gasteiger partial charge is 0.476 e. The minimum Gasteiger partial charge on any atom is -0.476 e. The van der Waals surface area contributed by atoms with Gasteiger partial charge < -0.3 is 40.4 Å². The molecule has 1 aliphatic heterocycles. The third-order valence-corrected chi connectivity index (χ3v) is 16.6. The minimum absolute atomic E-state index is 0.0177. The number of rotatable bonds is 19. The number of fused-ring (bicyclic) bond motifs is 2. The van der Waals surface area contributed by atoms with Crippen LogP contribution in [0.3, 0.4) is 0 Å². The summed E-state index contributed by atoms with van der Waals surface area (Å²) in [6.07, 6.45) is 6.60. The molecule has 10 rings (SSSR count). The van der Waals surface area contributed by atoms with Crippen LogP contribution >= 0.6 is 11.3 Å². The number of amides is 2. The molecule has 2 atom stereocenters. The fourth-order valence-electron chi connectivity index (χ4n) is 13.0. The molecule has 5 aromatic rings. The molecule has 4 bridgehead atoms. The number of carbonyl (C=O) groups is 3. The van der Waals surface area contributed by atoms with Crippen LogP contribution in [0.2, 0.25) is 0 Å². The van der Waals surface area contributed by atoms with Crippen LogP contribution < -0.4 is 26.0 Å². The van der Waals surface area contributed by atoms with Crippen molar-refractivity contribution in [2.45, 2.75) is 84.5 Å². The number of carboxylic acids is 1. The Balaban J connectivity index is 0.885. The molecule has 3 heterocycles. The van der Waals surface area contributed by atoms with Gasteiger partial charge in [0.25, 0.3) is 5.91 Å². The van der Waals surface area contributed by atoms with Crippen LogP contribution in [0, 0.1) is 21.7 Å². The number of hydrogen-bond donors (Lipinski definition) is 6. The first-order valence-corrected chi connectivity index (χ1v) is 26.9. The van der Waals surface area contributed by atoms with E-state index < -0.39 is 33.4 Å². The lowest BCUT2D eigenvalue weighted by molar-refractivity contribution is -0.243. The van der Waals surface area contributed by atoms with Gasteiger partial charge in [0.1, 0.15) is 12.4 Å². The third kappa shape index (κ3) is 11.0. The number of allylic oxidation sites excluding steroid dienone is 2. The monoisotopic (exact) mass is 1020 g/mol. The molecule has 4 fully saturated rings. The lowest BCUT2D eigenvalue weighted by Crippen LogP contribution is -2.65. The highest BCUT2D eigenvalue weighted by molar-refractivity contribution is 7.89. The zero-order valence-electron chi connectivity index (χ0n) is 41.2. The zero-order valence-corrected chi connectivity index (χ0v) is 42.8. The maximum atomic E-state index is 13.7. The second-order valence-corrected chi connectivity index (χ2v) is 23.8. The summed E-state index contributed by atoms with van der Waals surface area (Å²) in [5.74, 6) is -1.45. The van der Waals surface area contributed by atoms with E-state index in [1.54, 1.807) is 18.2 Å². The van der Waals surface area contributed by atoms with Crippen molar-refractivity contribution in [2.75, 3.05) is 61.1 Å². The molecule has 5 aliphatic rings. The predicted molar refractivity (Wildman–Crippen MR) is 280 cm³/mol. The molecule has 2 amide bonds. The maximum Gasteiger partial charge on any atom is 0.410 e. The molecule has 380 valence electrons. The predicted octanol–water partition coefficient (Wildman–Crippen LogP) is 8.28. The molecule has 2 unspecified atom stereocenters. The molecule has 2 aromatic heterocycles. The number of sulfonamides is 1. The van der Waals surface area contributed by atoms with Gasteiger partial charge in [-0.1, -0.05) is 61.6 Å². The van der Waals surface area contributed by atoms with E-state index in [2.05, 4.69) is 34.8 Å². The van der Waals surface area contributed by atoms with Gasteiger partial charge in [0, 0.05) is 74.1 Å². The Labute approximate surface area is 424 Å². The highest BCUT2D eigenvalue weighted by atomic mass is 32.2. The van der Waals surface area contributed by atoms with Crippen molar-refractivity contribution in [2.24, 2.45) is 21.4 Å². The van der Waals surface area contributed by atoms with Crippen molar-refractivity contribution in [3.63, 3.8) is 0 Å². The number of ether oxygens (including phenoxy) is 2. The van der Waals surface area contributed by atoms with Gasteiger partial charge in [-0.3, -0.25) is 10.1 Å². The van der Waals surface area contributed by atoms with Crippen molar-refractivity contribution in [3.05, 3.63) is 118 Å². The molecule has 19 heteroatoms. The lowest BCUT2D eigenvalue weighted by Gasteiger charge is -2.69. The second kappa shape index (κ2) is 19.9. The van der Waals surface area contributed by atoms with Gasteiger partial charge in [0.05, 0.1) is 28.2 Å². The Morgan fingerprint density at radius 3 is 2.38 bits per heavy atom. The van der Waals surface area contributed by atoms with Gasteiger partial charge in [-0.25, -0.2) is 33.1 Å². The van der Waals surface area contributed by atoms with Crippen LogP contribution in [0.1, 0.15) is 102 Å². The molecule has 0 spiro atoms. The SMILES string of the molecule is CNc1ccc(COC(=O)N(CCOC23CC4(C)CC(C)(CC(CN/C(C)=C(\C=N)c5ccc(N6CCc7cccc(C(=O)Nc8nc9ccccc9s8)c7C6)nc5C(=O)O)(C4)C2)C3)CCS(N)(=O)=O)cc1. The maximum absolute atomic E-state index is 13.7. The van der Waals surface area contributed by atoms with Gasteiger partial charge in [-0.05, 0) is 127 Å². The van der Waals surface area contributed by atoms with Crippen LogP contribution in [-0.2, 0) is 39.1 Å². The number of thiazole rings is 1. The summed E-state index contributed by atoms with van der Waals surface area (Å²) in [6.45, 7) is 8.18. The summed E-state index contributed by atoms with van der Waals surface area (Å²) in [7, 11) is -2.04. The van der Waals surface area contributed by atoms with Crippen LogP contribution in [0.5, 0.6) is 0 Å². The first kappa shape index (κ1) is 50.5. The van der Waals surface area contributed by atoms with E-state index in [0.29, 0.717) is 59.4 Å². The van der Waals surface area contributed by atoms with E-state index in [-0.39, 0.29) is 54.1 Å². The summed E-state index contributed by atoms with van der Waals surface area (Å²) in [5, 5.41) is 34.7. The topological polar surface area (TPSA) is 242 Å². The first-order chi connectivity index (χ1) is 34.3. The van der Waals surface area contributed by atoms with E-state index in [1.165, 1.54) is 22.5 Å². The normalized spacial score (nSPS) is 23.5. The molecule has 3 aromatic carbocycles. The summed E-state index contributed by atoms with van der Waals surface area (Å²) >= 11 is 1.41. The average Bonchev–Trinajstić information content (AvgIpc) is 3.74. The van der Waals surface area contributed by atoms with Crippen molar-refractivity contribution in [1.29, 1.82) is 5.41 Å². The number of aromatic carboxylic acids is 1. The number of anilines is 3. The summed E-state index contributed by atoms with van der Waals surface area (Å²) in [6, 6.07) is 24.4. The van der Waals surface area contributed by atoms with E-state index in [9.17, 15) is 27.9 Å². The van der Waals surface area contributed by atoms with Gasteiger partial charge in [0.2, 0.25) is 10.0 Å². The summed E-state index contributed by atoms with van der Waals surface area (Å²) < 4.78 is 37.5. The number of hydrogen-bond acceptors (Lipinski definition) is 14. The highest BCUT2D eigenvalue weighted by Crippen LogP contribution is 2.71. The Hall–Kier alpha value is -6.41. The number of aromatic nitrogens is 2. The molecule has 0 saturated heterocycles. The standard InChI is InChI=1S/C53H63N9O8S2/c1-34(40(24-54)38-16-17-44(59-45(38)47(64)65)62-19-18-36-8-7-9-39(41(36)25-62)46(63)60-48-58-42-10-5-6-11-43(42)71-48)57-33-52-28-50(2)27-51(3,29-52)31-53(30-50,32-52)70-22-20-61(21-23-72(55,67)68)49(66)69-26-35-12-14-37(56-4)15-13-35/h5-17,24,54,56-57H,18-23,25-33H2,1-4H3,(H,64,65)(H2,55,67,68)(H,58,60,63)/b40-34+,54-24?. The lowest BCUT2D eigenvalue weighted by atomic mass is 9.39. The number of pyridine rings is 1. The van der Waals surface area contributed by atoms with Crippen LogP contribution in [-0.4, -0.2) is 104 Å². The molecular formula is C53H63N9O8S2. The van der Waals surface area contributed by atoms with Crippen LogP contribution in [0.25, 0.3) is 15.8 Å². The first-order valence-electron chi connectivity index (χ1n) is 24.3. The number of para-hydroxylation sites is 1. The Morgan fingerprint density at radius 1 is 0.931 bits per heavy atom. The van der Waals surface area contributed by atoms with E-state index in [0.717, 1.165) is 71.1 Å². The van der Waals surface area contributed by atoms with E-state index in [1.807, 2.05) is 79.5 Å². The Kier molecular flexibility index (Phi) is 14.0. The molecule has 72 heavy (non-hydrogen) atoms. The highest BCUT2D eigenvalue weighted by Gasteiger charge is 2.66. The van der Waals surface area contributed by atoms with Crippen LogP contribution in [0.4, 0.5) is 21.4 Å². The summed E-state index contributed by atoms with van der Waals surface area (Å²) in [5.41, 5.74) is 5.42. The summed E-state index contributed by atoms with van der Waals surface area (Å²) in [4.78, 5) is 52.7. The number of carbonyl (C=O) groups excluding carboxylic acids is 2. The van der Waals surface area contributed by atoms with Gasteiger partial charge in [-0.15, -0.1) is 0 Å². The number of nitrogens with one attached hydrogen (secondary N) is 4. The molecule has 4 aliphatic carbocycles. The van der Waals surface area contributed by atoms with Crippen molar-refractivity contribution >= 4 is 78.0 Å². The number of primary sulfonamides is 1. The third-order valence-electron chi connectivity index (χ3n) is 14.9. The number of benzene rings is 3. The molecule has 7 N–H and O–H groups in total. The van der Waals surface area contributed by atoms with Crippen molar-refractivity contribution < 1.29 is 37.4 Å². The molecule has 17 nitrogen and oxygen atoms in total. The fourth-order valence-corrected chi connectivity index (χ4v) is 14.3. The minimum atomic E-state index is -3.86. The number of carboxylic acid groups (broad SMARTS) is 1. The molecule has 4 saturated carbocycles. The quantitative estimate of drug-likeness (QED) is 0.0427. The second-order valence-electron chi connectivity index (χ2n) is 21.0. The van der Waals surface area contributed by atoms with Gasteiger partial charge in [0.15, 0.2) is 10.8 Å². The molecular weight excluding hydrogens is 955 g/mol. The van der Waals surface area contributed by atoms with Gasteiger partial charge in [-0.2, -0.15) is 0 Å². The zero-order chi connectivity index (χ0) is 51.1. The number of nitrogens with two attached hydrogens (primary N) is 1. The smallest absolute Gasteiger partial charge is 0.410 e. The number of nitrogens with zero attached hydrogens (tertiary/aromatic N) is 4. The van der Waals surface area contributed by atoms with Crippen LogP contribution in [0.15, 0.2) is 84.6 Å². The average molecular weight is 1020 g/mol. The van der Waals surface area contributed by atoms with Gasteiger partial charge >= 0.3 is 12.1 Å². The van der Waals surface area contributed by atoms with E-state index in [4.69, 9.17) is 25.0 Å². The molecule has 0 radical (unpaired) electrons. The van der Waals surface area contributed by atoms with Crippen molar-refractivity contribution in [1.82, 2.24) is 20.2 Å². The van der Waals surface area contributed by atoms with Crippen molar-refractivity contribution in [3.8, 4) is 0 Å². The Morgan fingerprint density at radius 2 is 1.68 bits per heavy atom.